The number of morpholine rings is 1. The Labute approximate surface area is 146 Å². The average Bonchev–Trinajstić information content (AvgIpc) is 2.95. The normalized spacial score (nSPS) is 20.8. The quantitative estimate of drug-likeness (QED) is 0.784. The number of hydrogen-bond donors (Lipinski definition) is 1. The number of rotatable bonds is 6. The summed E-state index contributed by atoms with van der Waals surface area (Å²) in [6, 6.07) is 0. The van der Waals surface area contributed by atoms with Gasteiger partial charge in [-0.15, -0.1) is 24.8 Å². The van der Waals surface area contributed by atoms with Crippen LogP contribution in [-0.4, -0.2) is 74.7 Å². The summed E-state index contributed by atoms with van der Waals surface area (Å²) in [6.07, 6.45) is 5.51. The van der Waals surface area contributed by atoms with E-state index in [-0.39, 0.29) is 36.3 Å². The van der Waals surface area contributed by atoms with Gasteiger partial charge >= 0.3 is 0 Å². The molecule has 0 radical (unpaired) electrons. The molecule has 1 aliphatic carbocycles. The molecule has 0 aromatic heterocycles. The summed E-state index contributed by atoms with van der Waals surface area (Å²) in [5.41, 5.74) is 0.106. The highest BCUT2D eigenvalue weighted by Crippen LogP contribution is 2.38. The summed E-state index contributed by atoms with van der Waals surface area (Å²) < 4.78 is 5.46. The predicted molar refractivity (Wildman–Crippen MR) is 94.3 cm³/mol. The molecular weight excluding hydrogens is 325 g/mol. The minimum atomic E-state index is 0. The van der Waals surface area contributed by atoms with Gasteiger partial charge in [0.15, 0.2) is 0 Å². The summed E-state index contributed by atoms with van der Waals surface area (Å²) in [7, 11) is 3.84. The molecule has 0 unspecified atom stereocenters. The Hall–Kier alpha value is -0.0700. The van der Waals surface area contributed by atoms with Crippen LogP contribution in [0.1, 0.15) is 32.1 Å². The number of carbonyl (C=O) groups is 1. The van der Waals surface area contributed by atoms with E-state index in [0.717, 1.165) is 39.4 Å². The Morgan fingerprint density at radius 2 is 1.82 bits per heavy atom. The molecule has 2 aliphatic rings. The van der Waals surface area contributed by atoms with Gasteiger partial charge in [0.25, 0.3) is 0 Å². The van der Waals surface area contributed by atoms with Gasteiger partial charge in [0.1, 0.15) is 0 Å². The topological polar surface area (TPSA) is 44.8 Å². The van der Waals surface area contributed by atoms with E-state index in [9.17, 15) is 4.79 Å². The molecule has 1 N–H and O–H groups in total. The summed E-state index contributed by atoms with van der Waals surface area (Å²) >= 11 is 0. The Kier molecular flexibility index (Phi) is 10.6. The maximum absolute atomic E-state index is 12.5. The maximum Gasteiger partial charge on any atom is 0.224 e. The highest BCUT2D eigenvalue weighted by Gasteiger charge is 2.42. The van der Waals surface area contributed by atoms with E-state index in [0.29, 0.717) is 6.42 Å². The molecule has 7 heteroatoms. The Balaban J connectivity index is 0.00000220. The van der Waals surface area contributed by atoms with Crippen LogP contribution >= 0.6 is 24.8 Å². The van der Waals surface area contributed by atoms with Crippen molar-refractivity contribution in [1.29, 1.82) is 0 Å². The van der Waals surface area contributed by atoms with E-state index >= 15 is 0 Å². The molecule has 132 valence electrons. The molecule has 0 atom stereocenters. The molecule has 0 bridgehead atoms. The number of likely N-dealkylation sites (N-methyl/N-ethyl adjacent to an activating group) is 2. The van der Waals surface area contributed by atoms with Crippen LogP contribution in [0.4, 0.5) is 0 Å². The molecule has 0 aromatic carbocycles. The summed E-state index contributed by atoms with van der Waals surface area (Å²) in [5, 5.41) is 3.10. The molecule has 1 amide bonds. The Morgan fingerprint density at radius 3 is 2.36 bits per heavy atom. The molecule has 1 heterocycles. The van der Waals surface area contributed by atoms with Crippen molar-refractivity contribution in [3.63, 3.8) is 0 Å². The first-order chi connectivity index (χ1) is 9.68. The number of halogens is 2. The summed E-state index contributed by atoms with van der Waals surface area (Å²) in [4.78, 5) is 16.9. The van der Waals surface area contributed by atoms with Crippen LogP contribution in [-0.2, 0) is 9.53 Å². The van der Waals surface area contributed by atoms with Crippen molar-refractivity contribution in [2.24, 2.45) is 0 Å². The SMILES string of the molecule is CNCCN(C)C(=O)CC1(N2CCOCC2)CCCC1.Cl.Cl. The fraction of sp³-hybridized carbons (Fsp3) is 0.933. The fourth-order valence-electron chi connectivity index (χ4n) is 3.50. The van der Waals surface area contributed by atoms with Crippen LogP contribution in [0.15, 0.2) is 0 Å². The third kappa shape index (κ3) is 5.53. The average molecular weight is 356 g/mol. The van der Waals surface area contributed by atoms with Crippen molar-refractivity contribution < 1.29 is 9.53 Å². The first-order valence-electron chi connectivity index (χ1n) is 7.89. The van der Waals surface area contributed by atoms with Crippen LogP contribution in [0.5, 0.6) is 0 Å². The maximum atomic E-state index is 12.5. The van der Waals surface area contributed by atoms with Crippen molar-refractivity contribution in [2.45, 2.75) is 37.6 Å². The molecule has 5 nitrogen and oxygen atoms in total. The second-order valence-corrected chi connectivity index (χ2v) is 6.13. The van der Waals surface area contributed by atoms with Crippen molar-refractivity contribution in [1.82, 2.24) is 15.1 Å². The second kappa shape index (κ2) is 10.7. The lowest BCUT2D eigenvalue weighted by Gasteiger charge is -2.43. The second-order valence-electron chi connectivity index (χ2n) is 6.13. The van der Waals surface area contributed by atoms with Crippen LogP contribution < -0.4 is 5.32 Å². The van der Waals surface area contributed by atoms with E-state index in [1.807, 2.05) is 19.0 Å². The largest absolute Gasteiger partial charge is 0.379 e. The first-order valence-corrected chi connectivity index (χ1v) is 7.89. The molecule has 1 saturated carbocycles. The van der Waals surface area contributed by atoms with E-state index in [4.69, 9.17) is 4.74 Å². The van der Waals surface area contributed by atoms with Crippen LogP contribution in [0, 0.1) is 0 Å². The highest BCUT2D eigenvalue weighted by molar-refractivity contribution is 5.85. The van der Waals surface area contributed by atoms with Gasteiger partial charge in [-0.3, -0.25) is 9.69 Å². The van der Waals surface area contributed by atoms with Crippen LogP contribution in [0.2, 0.25) is 0 Å². The minimum Gasteiger partial charge on any atom is -0.379 e. The van der Waals surface area contributed by atoms with Crippen LogP contribution in [0.3, 0.4) is 0 Å². The van der Waals surface area contributed by atoms with Gasteiger partial charge in [0.05, 0.1) is 13.2 Å². The number of carbonyl (C=O) groups excluding carboxylic acids is 1. The zero-order chi connectivity index (χ0) is 14.4. The summed E-state index contributed by atoms with van der Waals surface area (Å²) in [5.74, 6) is 0.286. The van der Waals surface area contributed by atoms with E-state index in [1.165, 1.54) is 25.7 Å². The number of nitrogens with one attached hydrogen (secondary N) is 1. The van der Waals surface area contributed by atoms with Gasteiger partial charge in [-0.1, -0.05) is 12.8 Å². The molecule has 1 saturated heterocycles. The van der Waals surface area contributed by atoms with Gasteiger partial charge in [-0.25, -0.2) is 0 Å². The Bertz CT molecular complexity index is 320. The molecule has 2 rings (SSSR count). The number of hydrogen-bond acceptors (Lipinski definition) is 4. The molecule has 22 heavy (non-hydrogen) atoms. The molecule has 2 fully saturated rings. The lowest BCUT2D eigenvalue weighted by Crippen LogP contribution is -2.54. The van der Waals surface area contributed by atoms with Gasteiger partial charge in [-0.2, -0.15) is 0 Å². The third-order valence-electron chi connectivity index (χ3n) is 4.82. The number of nitrogens with zero attached hydrogens (tertiary/aromatic N) is 2. The van der Waals surface area contributed by atoms with Gasteiger partial charge in [-0.05, 0) is 19.9 Å². The first kappa shape index (κ1) is 21.9. The number of ether oxygens (including phenoxy) is 1. The van der Waals surface area contributed by atoms with Crippen molar-refractivity contribution >= 4 is 30.7 Å². The lowest BCUT2D eigenvalue weighted by atomic mass is 9.89. The zero-order valence-electron chi connectivity index (χ0n) is 13.8. The van der Waals surface area contributed by atoms with Gasteiger partial charge in [0, 0.05) is 45.2 Å². The monoisotopic (exact) mass is 355 g/mol. The molecular formula is C15H31Cl2N3O2. The fourth-order valence-corrected chi connectivity index (χ4v) is 3.50. The number of amides is 1. The van der Waals surface area contributed by atoms with E-state index in [2.05, 4.69) is 10.2 Å². The van der Waals surface area contributed by atoms with Gasteiger partial charge < -0.3 is 15.0 Å². The Morgan fingerprint density at radius 1 is 1.23 bits per heavy atom. The predicted octanol–water partition coefficient (Wildman–Crippen LogP) is 1.54. The smallest absolute Gasteiger partial charge is 0.224 e. The van der Waals surface area contributed by atoms with E-state index in [1.54, 1.807) is 0 Å². The summed E-state index contributed by atoms with van der Waals surface area (Å²) in [6.45, 7) is 5.22. The van der Waals surface area contributed by atoms with E-state index < -0.39 is 0 Å². The third-order valence-corrected chi connectivity index (χ3v) is 4.82. The van der Waals surface area contributed by atoms with Crippen LogP contribution in [0.25, 0.3) is 0 Å². The molecule has 0 aromatic rings. The van der Waals surface area contributed by atoms with Crippen molar-refractivity contribution in [3.05, 3.63) is 0 Å². The lowest BCUT2D eigenvalue weighted by molar-refractivity contribution is -0.134. The standard InChI is InChI=1S/C15H29N3O2.2ClH/c1-16-7-8-17(2)14(19)13-15(5-3-4-6-15)18-9-11-20-12-10-18;;/h16H,3-13H2,1-2H3;2*1H. The highest BCUT2D eigenvalue weighted by atomic mass is 35.5. The zero-order valence-corrected chi connectivity index (χ0v) is 15.4. The molecule has 1 aliphatic heterocycles. The minimum absolute atomic E-state index is 0. The van der Waals surface area contributed by atoms with Crippen molar-refractivity contribution in [3.8, 4) is 0 Å². The molecule has 0 spiro atoms. The van der Waals surface area contributed by atoms with Crippen molar-refractivity contribution in [2.75, 3.05) is 53.5 Å². The van der Waals surface area contributed by atoms with Gasteiger partial charge in [0.2, 0.25) is 5.91 Å².